The molecule has 2 amide bonds. The molecule has 0 aliphatic rings. The highest BCUT2D eigenvalue weighted by atomic mass is 35.5. The summed E-state index contributed by atoms with van der Waals surface area (Å²) < 4.78 is 0. The van der Waals surface area contributed by atoms with Gasteiger partial charge in [-0.3, -0.25) is 9.59 Å². The zero-order valence-electron chi connectivity index (χ0n) is 12.0. The van der Waals surface area contributed by atoms with E-state index in [9.17, 15) is 14.7 Å². The highest BCUT2D eigenvalue weighted by molar-refractivity contribution is 6.45. The number of carbonyl (C=O) groups excluding carboxylic acids is 2. The zero-order valence-corrected chi connectivity index (χ0v) is 13.5. The van der Waals surface area contributed by atoms with Crippen LogP contribution in [0.4, 0.5) is 5.69 Å². The lowest BCUT2D eigenvalue weighted by atomic mass is 9.89. The lowest BCUT2D eigenvalue weighted by molar-refractivity contribution is -0.136. The van der Waals surface area contributed by atoms with E-state index in [2.05, 4.69) is 10.6 Å². The van der Waals surface area contributed by atoms with Gasteiger partial charge in [0.25, 0.3) is 0 Å². The van der Waals surface area contributed by atoms with Crippen molar-refractivity contribution >= 4 is 40.7 Å². The Morgan fingerprint density at radius 1 is 1.24 bits per heavy atom. The molecule has 5 nitrogen and oxygen atoms in total. The quantitative estimate of drug-likeness (QED) is 0.744. The number of nitrogens with one attached hydrogen (secondary N) is 2. The van der Waals surface area contributed by atoms with Crippen molar-refractivity contribution < 1.29 is 14.7 Å². The maximum absolute atomic E-state index is 11.7. The molecule has 1 rings (SSSR count). The fraction of sp³-hybridized carbons (Fsp3) is 0.429. The average Bonchev–Trinajstić information content (AvgIpc) is 2.39. The summed E-state index contributed by atoms with van der Waals surface area (Å²) in [5, 5.41) is 15.0. The van der Waals surface area contributed by atoms with Crippen molar-refractivity contribution in [1.82, 2.24) is 5.32 Å². The van der Waals surface area contributed by atoms with Crippen LogP contribution in [-0.2, 0) is 9.59 Å². The first kappa shape index (κ1) is 17.8. The van der Waals surface area contributed by atoms with E-state index in [1.807, 2.05) is 20.8 Å². The number of aliphatic hydroxyl groups excluding tert-OH is 1. The highest BCUT2D eigenvalue weighted by Gasteiger charge is 2.24. The SMILES string of the molecule is CC(C)(C)[C@@H](O)CNC(=O)C(=O)Nc1cccc(Cl)c1Cl. The average molecular weight is 333 g/mol. The van der Waals surface area contributed by atoms with E-state index in [1.54, 1.807) is 12.1 Å². The molecule has 7 heteroatoms. The molecule has 0 saturated carbocycles. The minimum absolute atomic E-state index is 0.0148. The van der Waals surface area contributed by atoms with Gasteiger partial charge in [0.1, 0.15) is 0 Å². The summed E-state index contributed by atoms with van der Waals surface area (Å²) in [6, 6.07) is 4.70. The first-order chi connectivity index (χ1) is 9.62. The molecule has 1 aromatic rings. The number of hydrogen-bond acceptors (Lipinski definition) is 3. The van der Waals surface area contributed by atoms with Gasteiger partial charge in [0.05, 0.1) is 21.8 Å². The number of aliphatic hydroxyl groups is 1. The molecular formula is C14H18Cl2N2O3. The number of amides is 2. The van der Waals surface area contributed by atoms with Gasteiger partial charge < -0.3 is 15.7 Å². The van der Waals surface area contributed by atoms with Gasteiger partial charge in [0.15, 0.2) is 0 Å². The van der Waals surface area contributed by atoms with E-state index < -0.39 is 17.9 Å². The van der Waals surface area contributed by atoms with Crippen LogP contribution < -0.4 is 10.6 Å². The van der Waals surface area contributed by atoms with Crippen LogP contribution in [-0.4, -0.2) is 29.6 Å². The molecule has 3 N–H and O–H groups in total. The van der Waals surface area contributed by atoms with Crippen LogP contribution in [0.3, 0.4) is 0 Å². The lowest BCUT2D eigenvalue weighted by Gasteiger charge is -2.25. The number of carbonyl (C=O) groups is 2. The van der Waals surface area contributed by atoms with Gasteiger partial charge in [-0.05, 0) is 17.5 Å². The molecule has 0 fully saturated rings. The lowest BCUT2D eigenvalue weighted by Crippen LogP contribution is -2.43. The molecule has 0 aliphatic heterocycles. The molecule has 1 aromatic carbocycles. The molecule has 0 heterocycles. The smallest absolute Gasteiger partial charge is 0.313 e. The summed E-state index contributed by atoms with van der Waals surface area (Å²) in [6.45, 7) is 5.47. The van der Waals surface area contributed by atoms with Gasteiger partial charge in [0.2, 0.25) is 0 Å². The molecule has 21 heavy (non-hydrogen) atoms. The minimum Gasteiger partial charge on any atom is -0.391 e. The maximum atomic E-state index is 11.7. The molecule has 1 atom stereocenters. The third-order valence-electron chi connectivity index (χ3n) is 2.86. The van der Waals surface area contributed by atoms with Crippen molar-refractivity contribution in [2.24, 2.45) is 5.41 Å². The Morgan fingerprint density at radius 2 is 1.86 bits per heavy atom. The van der Waals surface area contributed by atoms with Gasteiger partial charge in [-0.25, -0.2) is 0 Å². The predicted octanol–water partition coefficient (Wildman–Crippen LogP) is 2.46. The van der Waals surface area contributed by atoms with Gasteiger partial charge in [-0.1, -0.05) is 50.0 Å². The van der Waals surface area contributed by atoms with Crippen LogP contribution in [0.2, 0.25) is 10.0 Å². The van der Waals surface area contributed by atoms with Crippen molar-refractivity contribution in [2.45, 2.75) is 26.9 Å². The van der Waals surface area contributed by atoms with Crippen molar-refractivity contribution in [1.29, 1.82) is 0 Å². The predicted molar refractivity (Wildman–Crippen MR) is 83.6 cm³/mol. The summed E-state index contributed by atoms with van der Waals surface area (Å²) in [6.07, 6.45) is -0.760. The Kier molecular flexibility index (Phi) is 6.01. The van der Waals surface area contributed by atoms with Gasteiger partial charge in [-0.2, -0.15) is 0 Å². The van der Waals surface area contributed by atoms with E-state index >= 15 is 0 Å². The minimum atomic E-state index is -0.875. The largest absolute Gasteiger partial charge is 0.391 e. The van der Waals surface area contributed by atoms with E-state index in [0.29, 0.717) is 0 Å². The summed E-state index contributed by atoms with van der Waals surface area (Å²) in [7, 11) is 0. The highest BCUT2D eigenvalue weighted by Crippen LogP contribution is 2.29. The normalized spacial score (nSPS) is 12.7. The molecule has 0 unspecified atom stereocenters. The number of anilines is 1. The molecular weight excluding hydrogens is 315 g/mol. The van der Waals surface area contributed by atoms with E-state index in [-0.39, 0.29) is 27.7 Å². The van der Waals surface area contributed by atoms with Crippen LogP contribution in [0.15, 0.2) is 18.2 Å². The first-order valence-electron chi connectivity index (χ1n) is 6.34. The van der Waals surface area contributed by atoms with Crippen molar-refractivity contribution in [3.63, 3.8) is 0 Å². The Labute approximate surface area is 133 Å². The molecule has 0 radical (unpaired) electrons. The van der Waals surface area contributed by atoms with Crippen LogP contribution in [0.5, 0.6) is 0 Å². The number of hydrogen-bond donors (Lipinski definition) is 3. The van der Waals surface area contributed by atoms with Crippen molar-refractivity contribution in [3.8, 4) is 0 Å². The van der Waals surface area contributed by atoms with E-state index in [0.717, 1.165) is 0 Å². The molecule has 0 bridgehead atoms. The summed E-state index contributed by atoms with van der Waals surface area (Å²) in [5.74, 6) is -1.73. The molecule has 0 saturated heterocycles. The number of benzene rings is 1. The molecule has 0 aromatic heterocycles. The van der Waals surface area contributed by atoms with Gasteiger partial charge >= 0.3 is 11.8 Å². The number of rotatable bonds is 3. The van der Waals surface area contributed by atoms with E-state index in [4.69, 9.17) is 23.2 Å². The third-order valence-corrected chi connectivity index (χ3v) is 3.68. The fourth-order valence-electron chi connectivity index (χ4n) is 1.36. The third kappa shape index (κ3) is 5.19. The second-order valence-electron chi connectivity index (χ2n) is 5.65. The molecule has 0 spiro atoms. The monoisotopic (exact) mass is 332 g/mol. The topological polar surface area (TPSA) is 78.4 Å². The van der Waals surface area contributed by atoms with Crippen molar-refractivity contribution in [2.75, 3.05) is 11.9 Å². The second-order valence-corrected chi connectivity index (χ2v) is 6.43. The standard InChI is InChI=1S/C14H18Cl2N2O3/c1-14(2,3)10(19)7-17-12(20)13(21)18-9-6-4-5-8(15)11(9)16/h4-6,10,19H,7H2,1-3H3,(H,17,20)(H,18,21)/t10-/m0/s1. The van der Waals surface area contributed by atoms with Crippen LogP contribution in [0.25, 0.3) is 0 Å². The Balaban J connectivity index is 2.60. The van der Waals surface area contributed by atoms with Crippen LogP contribution in [0.1, 0.15) is 20.8 Å². The Hall–Kier alpha value is -1.30. The van der Waals surface area contributed by atoms with Gasteiger partial charge in [0, 0.05) is 6.54 Å². The van der Waals surface area contributed by atoms with E-state index in [1.165, 1.54) is 6.07 Å². The maximum Gasteiger partial charge on any atom is 0.313 e. The van der Waals surface area contributed by atoms with Crippen LogP contribution >= 0.6 is 23.2 Å². The zero-order chi connectivity index (χ0) is 16.2. The van der Waals surface area contributed by atoms with Gasteiger partial charge in [-0.15, -0.1) is 0 Å². The summed E-state index contributed by atoms with van der Waals surface area (Å²) in [4.78, 5) is 23.4. The Morgan fingerprint density at radius 3 is 2.43 bits per heavy atom. The first-order valence-corrected chi connectivity index (χ1v) is 7.09. The fourth-order valence-corrected chi connectivity index (χ4v) is 1.70. The summed E-state index contributed by atoms with van der Waals surface area (Å²) in [5.41, 5.74) is -0.138. The second kappa shape index (κ2) is 7.11. The molecule has 0 aliphatic carbocycles. The van der Waals surface area contributed by atoms with Crippen molar-refractivity contribution in [3.05, 3.63) is 28.2 Å². The van der Waals surface area contributed by atoms with Crippen LogP contribution in [0, 0.1) is 5.41 Å². The Bertz CT molecular complexity index is 542. The molecule has 116 valence electrons. The number of halogens is 2. The summed E-state index contributed by atoms with van der Waals surface area (Å²) >= 11 is 11.7.